The Balaban J connectivity index is 0.00000676. The molecule has 0 aliphatic carbocycles. The predicted molar refractivity (Wildman–Crippen MR) is 224 cm³/mol. The normalized spacial score (nSPS) is 11.4. The molecular formula is C45H72NaO3P2+. The number of hydrogen-bond acceptors (Lipinski definition) is 3. The van der Waals surface area contributed by atoms with Crippen LogP contribution in [0.15, 0.2) is 72.8 Å². The summed E-state index contributed by atoms with van der Waals surface area (Å²) in [5, 5.41) is 0.940. The van der Waals surface area contributed by atoms with Crippen LogP contribution in [0.5, 0.6) is 11.5 Å². The second-order valence-corrected chi connectivity index (χ2v) is 17.1. The largest absolute Gasteiger partial charge is 1.00 e. The summed E-state index contributed by atoms with van der Waals surface area (Å²) in [5.41, 5.74) is 4.07. The summed E-state index contributed by atoms with van der Waals surface area (Å²) in [5.74, 6) is 1.54. The minimum absolute atomic E-state index is 0. The quantitative estimate of drug-likeness (QED) is 0.0386. The van der Waals surface area contributed by atoms with Crippen molar-refractivity contribution in [3.63, 3.8) is 0 Å². The first-order chi connectivity index (χ1) is 24.6. The summed E-state index contributed by atoms with van der Waals surface area (Å²) < 4.78 is 19.7. The Morgan fingerprint density at radius 2 is 0.686 bits per heavy atom. The Bertz CT molecular complexity index is 1180. The molecule has 0 saturated heterocycles. The molecule has 0 amide bonds. The van der Waals surface area contributed by atoms with Crippen molar-refractivity contribution in [1.29, 1.82) is 0 Å². The number of hydrogen-bond donors (Lipinski definition) is 0. The van der Waals surface area contributed by atoms with Gasteiger partial charge in [-0.3, -0.25) is 9.05 Å². The van der Waals surface area contributed by atoms with E-state index in [2.05, 4.69) is 103 Å². The van der Waals surface area contributed by atoms with Gasteiger partial charge in [0, 0.05) is 0 Å². The molecule has 3 aromatic rings. The van der Waals surface area contributed by atoms with Crippen LogP contribution in [0.25, 0.3) is 0 Å². The molecule has 0 fully saturated rings. The van der Waals surface area contributed by atoms with Crippen molar-refractivity contribution in [2.45, 2.75) is 175 Å². The standard InChI is InChI=1S/C45H71O3P2.Na.H/c1-4-7-10-13-16-19-22-25-40-28-34-43(35-29-40)46-50(48-49,45-38-32-42(33-39-45)27-24-21-18-15-12-9-6-3)47-44-36-30-41(31-37-44)26-23-20-17-14-11-8-5-2;;/h28-39H,4-27,49H2,1-3H3;;/q2*+1;-1. The third kappa shape index (κ3) is 19.3. The fourth-order valence-corrected chi connectivity index (χ4v) is 9.04. The number of aryl methyl sites for hydroxylation is 3. The van der Waals surface area contributed by atoms with Gasteiger partial charge in [0.1, 0.15) is 0 Å². The zero-order valence-corrected chi connectivity index (χ0v) is 37.2. The predicted octanol–water partition coefficient (Wildman–Crippen LogP) is 12.0. The molecule has 280 valence electrons. The summed E-state index contributed by atoms with van der Waals surface area (Å²) >= 11 is 0. The van der Waals surface area contributed by atoms with E-state index in [1.165, 1.54) is 152 Å². The van der Waals surface area contributed by atoms with Crippen LogP contribution in [-0.2, 0) is 23.6 Å². The van der Waals surface area contributed by atoms with Crippen LogP contribution in [0.1, 0.15) is 174 Å². The Kier molecular flexibility index (Phi) is 26.7. The summed E-state index contributed by atoms with van der Waals surface area (Å²) in [6.07, 6.45) is 31.2. The van der Waals surface area contributed by atoms with Crippen LogP contribution < -0.4 is 43.9 Å². The van der Waals surface area contributed by atoms with Gasteiger partial charge in [-0.25, -0.2) is 0 Å². The van der Waals surface area contributed by atoms with E-state index in [9.17, 15) is 0 Å². The van der Waals surface area contributed by atoms with Crippen molar-refractivity contribution >= 4 is 22.7 Å². The summed E-state index contributed by atoms with van der Waals surface area (Å²) in [7, 11) is -0.527. The van der Waals surface area contributed by atoms with Crippen LogP contribution in [-0.4, -0.2) is 0 Å². The first kappa shape index (κ1) is 46.2. The third-order valence-corrected chi connectivity index (χ3v) is 12.8. The third-order valence-electron chi connectivity index (χ3n) is 9.90. The minimum Gasteiger partial charge on any atom is -1.00 e. The van der Waals surface area contributed by atoms with E-state index in [1.54, 1.807) is 0 Å². The van der Waals surface area contributed by atoms with Crippen molar-refractivity contribution in [2.24, 2.45) is 0 Å². The molecule has 0 spiro atoms. The molecule has 0 aliphatic rings. The van der Waals surface area contributed by atoms with Crippen LogP contribution in [0.3, 0.4) is 0 Å². The summed E-state index contributed by atoms with van der Waals surface area (Å²) in [4.78, 5) is 0. The van der Waals surface area contributed by atoms with Crippen molar-refractivity contribution in [3.8, 4) is 11.5 Å². The number of rotatable bonds is 30. The van der Waals surface area contributed by atoms with Gasteiger partial charge in [-0.15, -0.1) is 4.31 Å². The zero-order valence-electron chi connectivity index (χ0n) is 34.1. The van der Waals surface area contributed by atoms with E-state index in [0.717, 1.165) is 36.1 Å². The van der Waals surface area contributed by atoms with Gasteiger partial charge in [0.2, 0.25) is 5.30 Å². The van der Waals surface area contributed by atoms with Gasteiger partial charge in [-0.1, -0.05) is 173 Å². The molecule has 51 heavy (non-hydrogen) atoms. The molecule has 0 aliphatic heterocycles. The number of unbranched alkanes of at least 4 members (excludes halogenated alkanes) is 18. The minimum atomic E-state index is -2.99. The maximum absolute atomic E-state index is 6.76. The van der Waals surface area contributed by atoms with Gasteiger partial charge in [0.15, 0.2) is 11.5 Å². The average molecular weight is 746 g/mol. The van der Waals surface area contributed by atoms with Crippen LogP contribution in [0.4, 0.5) is 0 Å². The monoisotopic (exact) mass is 745 g/mol. The molecule has 3 rings (SSSR count). The summed E-state index contributed by atoms with van der Waals surface area (Å²) in [6, 6.07) is 25.9. The molecule has 0 aromatic heterocycles. The Hall–Kier alpha value is -0.920. The van der Waals surface area contributed by atoms with Gasteiger partial charge < -0.3 is 1.43 Å². The van der Waals surface area contributed by atoms with Gasteiger partial charge in [0.25, 0.3) is 0 Å². The first-order valence-corrected chi connectivity index (χ1v) is 22.6. The Labute approximate surface area is 340 Å². The van der Waals surface area contributed by atoms with Gasteiger partial charge in [0.05, 0.1) is 9.47 Å². The SMILES string of the molecule is CCCCCCCCCc1ccc(O[P+](OP)(Oc2ccc(CCCCCCCCC)cc2)c2ccc(CCCCCCCCC)cc2)cc1.[H-].[Na+]. The maximum atomic E-state index is 6.76. The summed E-state index contributed by atoms with van der Waals surface area (Å²) in [6.45, 7) is 6.84. The van der Waals surface area contributed by atoms with E-state index in [1.807, 2.05) is 0 Å². The average Bonchev–Trinajstić information content (AvgIpc) is 3.15. The van der Waals surface area contributed by atoms with Crippen LogP contribution >= 0.6 is 17.4 Å². The molecule has 6 heteroatoms. The topological polar surface area (TPSA) is 27.7 Å². The fourth-order valence-electron chi connectivity index (χ4n) is 6.64. The molecule has 0 bridgehead atoms. The Morgan fingerprint density at radius 3 is 0.980 bits per heavy atom. The van der Waals surface area contributed by atoms with E-state index < -0.39 is 7.94 Å². The second-order valence-electron chi connectivity index (χ2n) is 14.4. The molecule has 0 saturated carbocycles. The molecule has 0 heterocycles. The van der Waals surface area contributed by atoms with Crippen LogP contribution in [0, 0.1) is 0 Å². The number of benzene rings is 3. The van der Waals surface area contributed by atoms with Crippen molar-refractivity contribution in [1.82, 2.24) is 0 Å². The van der Waals surface area contributed by atoms with Crippen LogP contribution in [0.2, 0.25) is 0 Å². The molecule has 0 radical (unpaired) electrons. The van der Waals surface area contributed by atoms with Crippen molar-refractivity contribution in [2.75, 3.05) is 0 Å². The molecular weight excluding hydrogens is 673 g/mol. The first-order valence-electron chi connectivity index (χ1n) is 20.6. The second kappa shape index (κ2) is 29.4. The zero-order chi connectivity index (χ0) is 35.5. The van der Waals surface area contributed by atoms with Gasteiger partial charge >= 0.3 is 37.5 Å². The maximum Gasteiger partial charge on any atom is 1.00 e. The molecule has 3 nitrogen and oxygen atoms in total. The smallest absolute Gasteiger partial charge is 1.00 e. The van der Waals surface area contributed by atoms with E-state index in [4.69, 9.17) is 13.4 Å². The fraction of sp³-hybridized carbons (Fsp3) is 0.600. The van der Waals surface area contributed by atoms with E-state index >= 15 is 0 Å². The molecule has 3 aromatic carbocycles. The Morgan fingerprint density at radius 1 is 0.412 bits per heavy atom. The van der Waals surface area contributed by atoms with E-state index in [0.29, 0.717) is 0 Å². The molecule has 1 unspecified atom stereocenters. The van der Waals surface area contributed by atoms with Crippen molar-refractivity contribution < 1.29 is 44.3 Å². The van der Waals surface area contributed by atoms with Crippen molar-refractivity contribution in [3.05, 3.63) is 89.5 Å². The van der Waals surface area contributed by atoms with Gasteiger partial charge in [-0.05, 0) is 91.6 Å². The molecule has 0 N–H and O–H groups in total. The van der Waals surface area contributed by atoms with Gasteiger partial charge in [-0.2, -0.15) is 0 Å². The van der Waals surface area contributed by atoms with E-state index in [-0.39, 0.29) is 31.0 Å². The molecule has 1 atom stereocenters.